The third-order valence-electron chi connectivity index (χ3n) is 4.81. The van der Waals surface area contributed by atoms with Crippen LogP contribution in [0.5, 0.6) is 0 Å². The minimum atomic E-state index is -0.236. The molecule has 0 spiro atoms. The number of nitrogens with one attached hydrogen (secondary N) is 1. The Bertz CT molecular complexity index is 1270. The minimum Gasteiger partial charge on any atom is -0.272 e. The van der Waals surface area contributed by atoms with E-state index in [1.807, 2.05) is 79.1 Å². The Morgan fingerprint density at radius 1 is 1.03 bits per heavy atom. The highest BCUT2D eigenvalue weighted by Gasteiger charge is 2.17. The van der Waals surface area contributed by atoms with E-state index in [4.69, 9.17) is 11.6 Å². The van der Waals surface area contributed by atoms with Crippen LogP contribution in [-0.4, -0.2) is 37.1 Å². The van der Waals surface area contributed by atoms with Crippen LogP contribution in [0, 0.1) is 6.92 Å². The second-order valence-electron chi connectivity index (χ2n) is 7.24. The number of nitrogens with zero attached hydrogens (tertiary/aromatic N) is 5. The van der Waals surface area contributed by atoms with Crippen molar-refractivity contribution in [1.29, 1.82) is 0 Å². The number of halogens is 1. The van der Waals surface area contributed by atoms with Gasteiger partial charge >= 0.3 is 0 Å². The van der Waals surface area contributed by atoms with Gasteiger partial charge in [-0.05, 0) is 62.4 Å². The van der Waals surface area contributed by atoms with Gasteiger partial charge in [0, 0.05) is 34.2 Å². The quantitative estimate of drug-likeness (QED) is 0.232. The van der Waals surface area contributed by atoms with E-state index in [1.54, 1.807) is 12.4 Å². The van der Waals surface area contributed by atoms with Gasteiger partial charge in [0.25, 0.3) is 5.91 Å². The maximum absolute atomic E-state index is 12.4. The molecule has 0 saturated carbocycles. The first-order valence-electron chi connectivity index (χ1n) is 10.2. The van der Waals surface area contributed by atoms with Crippen molar-refractivity contribution in [2.45, 2.75) is 19.0 Å². The third-order valence-corrected chi connectivity index (χ3v) is 5.99. The molecule has 0 atom stereocenters. The van der Waals surface area contributed by atoms with Gasteiger partial charge in [-0.25, -0.2) is 5.43 Å². The molecule has 0 fully saturated rings. The Hall–Kier alpha value is -3.49. The number of amides is 1. The third kappa shape index (κ3) is 5.66. The summed E-state index contributed by atoms with van der Waals surface area (Å²) < 4.78 is 1.94. The predicted molar refractivity (Wildman–Crippen MR) is 132 cm³/mol. The van der Waals surface area contributed by atoms with E-state index in [9.17, 15) is 4.79 Å². The smallest absolute Gasteiger partial charge is 0.250 e. The van der Waals surface area contributed by atoms with E-state index in [0.29, 0.717) is 21.7 Å². The minimum absolute atomic E-state index is 0.137. The summed E-state index contributed by atoms with van der Waals surface area (Å²) >= 11 is 7.34. The number of thioether (sulfide) groups is 1. The number of hydrogen-bond acceptors (Lipinski definition) is 6. The Morgan fingerprint density at radius 2 is 1.73 bits per heavy atom. The molecule has 4 aromatic rings. The zero-order valence-corrected chi connectivity index (χ0v) is 19.6. The highest BCUT2D eigenvalue weighted by atomic mass is 35.5. The highest BCUT2D eigenvalue weighted by Crippen LogP contribution is 2.28. The lowest BCUT2D eigenvalue weighted by molar-refractivity contribution is -0.118. The van der Waals surface area contributed by atoms with Crippen LogP contribution in [0.1, 0.15) is 18.1 Å². The molecule has 0 aliphatic carbocycles. The molecule has 4 rings (SSSR count). The fourth-order valence-corrected chi connectivity index (χ4v) is 3.91. The van der Waals surface area contributed by atoms with E-state index >= 15 is 0 Å². The van der Waals surface area contributed by atoms with Gasteiger partial charge in [0.15, 0.2) is 11.0 Å². The first-order valence-corrected chi connectivity index (χ1v) is 11.5. The Balaban J connectivity index is 1.54. The molecule has 166 valence electrons. The van der Waals surface area contributed by atoms with Gasteiger partial charge in [-0.15, -0.1) is 10.2 Å². The van der Waals surface area contributed by atoms with Crippen LogP contribution >= 0.6 is 23.4 Å². The summed E-state index contributed by atoms with van der Waals surface area (Å²) in [5.41, 5.74) is 7.12. The van der Waals surface area contributed by atoms with Crippen molar-refractivity contribution in [1.82, 2.24) is 25.2 Å². The van der Waals surface area contributed by atoms with Gasteiger partial charge in [0.1, 0.15) is 0 Å². The molecule has 2 aromatic heterocycles. The van der Waals surface area contributed by atoms with E-state index in [2.05, 4.69) is 25.7 Å². The predicted octanol–water partition coefficient (Wildman–Crippen LogP) is 4.92. The molecule has 1 N–H and O–H groups in total. The van der Waals surface area contributed by atoms with Crippen molar-refractivity contribution in [3.63, 3.8) is 0 Å². The van der Waals surface area contributed by atoms with Crippen LogP contribution in [0.3, 0.4) is 0 Å². The van der Waals surface area contributed by atoms with Crippen molar-refractivity contribution in [2.24, 2.45) is 5.10 Å². The molecule has 0 aliphatic heterocycles. The number of rotatable bonds is 7. The van der Waals surface area contributed by atoms with E-state index in [-0.39, 0.29) is 11.7 Å². The molecular weight excluding hydrogens is 456 g/mol. The summed E-state index contributed by atoms with van der Waals surface area (Å²) in [5, 5.41) is 14.2. The number of carbonyl (C=O) groups is 1. The van der Waals surface area contributed by atoms with E-state index in [0.717, 1.165) is 22.4 Å². The van der Waals surface area contributed by atoms with Crippen LogP contribution in [0.25, 0.3) is 17.1 Å². The first kappa shape index (κ1) is 22.7. The normalized spacial score (nSPS) is 11.4. The number of aryl methyl sites for hydroxylation is 1. The topological polar surface area (TPSA) is 85.1 Å². The number of hydrazone groups is 1. The zero-order valence-electron chi connectivity index (χ0n) is 18.1. The molecule has 1 amide bonds. The standard InChI is InChI=1S/C24H21ClN6OS/c1-16-3-9-21(10-4-16)31-23(19-5-7-20(25)8-6-19)29-30-24(31)33-15-22(32)28-27-17(2)18-11-13-26-14-12-18/h3-14H,15H2,1-2H3,(H,28,32)/b27-17+. The largest absolute Gasteiger partial charge is 0.272 e. The fraction of sp³-hybridized carbons (Fsp3) is 0.125. The second kappa shape index (κ2) is 10.4. The van der Waals surface area contributed by atoms with Crippen molar-refractivity contribution in [3.8, 4) is 17.1 Å². The van der Waals surface area contributed by atoms with Gasteiger partial charge in [-0.2, -0.15) is 5.10 Å². The van der Waals surface area contributed by atoms with E-state index < -0.39 is 0 Å². The average Bonchev–Trinajstić information content (AvgIpc) is 3.26. The molecule has 0 aliphatic rings. The SMILES string of the molecule is C/C(=N\NC(=O)CSc1nnc(-c2ccc(Cl)cc2)n1-c1ccc(C)cc1)c1ccncc1. The Kier molecular flexibility index (Phi) is 7.16. The molecule has 2 heterocycles. The summed E-state index contributed by atoms with van der Waals surface area (Å²) in [4.78, 5) is 16.4. The van der Waals surface area contributed by atoms with Gasteiger partial charge in [0.2, 0.25) is 0 Å². The molecule has 0 radical (unpaired) electrons. The Labute approximate surface area is 200 Å². The molecular formula is C24H21ClN6OS. The highest BCUT2D eigenvalue weighted by molar-refractivity contribution is 7.99. The zero-order chi connectivity index (χ0) is 23.2. The summed E-state index contributed by atoms with van der Waals surface area (Å²) in [6.07, 6.45) is 3.37. The molecule has 33 heavy (non-hydrogen) atoms. The fourth-order valence-electron chi connectivity index (χ4n) is 3.04. The summed E-state index contributed by atoms with van der Waals surface area (Å²) in [5.74, 6) is 0.572. The van der Waals surface area contributed by atoms with E-state index in [1.165, 1.54) is 11.8 Å². The lowest BCUT2D eigenvalue weighted by Gasteiger charge is -2.11. The van der Waals surface area contributed by atoms with Crippen LogP contribution in [0.2, 0.25) is 5.02 Å². The maximum atomic E-state index is 12.4. The monoisotopic (exact) mass is 476 g/mol. The molecule has 9 heteroatoms. The van der Waals surface area contributed by atoms with Crippen molar-refractivity contribution in [3.05, 3.63) is 89.2 Å². The number of carbonyl (C=O) groups excluding carboxylic acids is 1. The van der Waals surface area contributed by atoms with Crippen LogP contribution in [-0.2, 0) is 4.79 Å². The maximum Gasteiger partial charge on any atom is 0.250 e. The Morgan fingerprint density at radius 3 is 2.42 bits per heavy atom. The number of hydrogen-bond donors (Lipinski definition) is 1. The molecule has 0 saturated heterocycles. The van der Waals surface area contributed by atoms with Gasteiger partial charge in [-0.3, -0.25) is 14.3 Å². The molecule has 7 nitrogen and oxygen atoms in total. The van der Waals surface area contributed by atoms with Crippen molar-refractivity contribution < 1.29 is 4.79 Å². The lowest BCUT2D eigenvalue weighted by atomic mass is 10.2. The lowest BCUT2D eigenvalue weighted by Crippen LogP contribution is -2.21. The summed E-state index contributed by atoms with van der Waals surface area (Å²) in [7, 11) is 0. The van der Waals surface area contributed by atoms with Gasteiger partial charge < -0.3 is 0 Å². The summed E-state index contributed by atoms with van der Waals surface area (Å²) in [6, 6.07) is 19.2. The second-order valence-corrected chi connectivity index (χ2v) is 8.62. The van der Waals surface area contributed by atoms with Crippen molar-refractivity contribution >= 4 is 35.0 Å². The number of benzene rings is 2. The molecule has 0 unspecified atom stereocenters. The molecule has 2 aromatic carbocycles. The van der Waals surface area contributed by atoms with Gasteiger partial charge in [0.05, 0.1) is 11.5 Å². The molecule has 0 bridgehead atoms. The van der Waals surface area contributed by atoms with Crippen LogP contribution < -0.4 is 5.43 Å². The van der Waals surface area contributed by atoms with Crippen molar-refractivity contribution in [2.75, 3.05) is 5.75 Å². The van der Waals surface area contributed by atoms with Crippen LogP contribution in [0.15, 0.2) is 83.3 Å². The van der Waals surface area contributed by atoms with Gasteiger partial charge in [-0.1, -0.05) is 41.1 Å². The first-order chi connectivity index (χ1) is 16.0. The number of aromatic nitrogens is 4. The van der Waals surface area contributed by atoms with Crippen LogP contribution in [0.4, 0.5) is 0 Å². The number of pyridine rings is 1. The summed E-state index contributed by atoms with van der Waals surface area (Å²) in [6.45, 7) is 3.86. The average molecular weight is 477 g/mol.